The van der Waals surface area contributed by atoms with E-state index >= 15 is 0 Å². The van der Waals surface area contributed by atoms with Crippen molar-refractivity contribution < 1.29 is 14.3 Å². The van der Waals surface area contributed by atoms with E-state index in [1.54, 1.807) is 0 Å². The van der Waals surface area contributed by atoms with E-state index < -0.39 is 0 Å². The smallest absolute Gasteiger partial charge is 0.324 e. The number of carbonyl (C=O) groups excluding carboxylic acids is 1. The average molecular weight is 264 g/mol. The lowest BCUT2D eigenvalue weighted by atomic mass is 10.1. The lowest BCUT2D eigenvalue weighted by molar-refractivity contribution is -0.145. The van der Waals surface area contributed by atoms with Crippen molar-refractivity contribution in [1.82, 2.24) is 10.4 Å². The van der Waals surface area contributed by atoms with Crippen LogP contribution in [-0.4, -0.2) is 50.4 Å². The zero-order chi connectivity index (χ0) is 13.5. The molecule has 0 amide bonds. The molecule has 2 rings (SSSR count). The van der Waals surface area contributed by atoms with Crippen LogP contribution >= 0.6 is 0 Å². The molecule has 1 fully saturated rings. The van der Waals surface area contributed by atoms with Crippen molar-refractivity contribution in [3.63, 3.8) is 0 Å². The van der Waals surface area contributed by atoms with Crippen molar-refractivity contribution in [3.05, 3.63) is 35.9 Å². The van der Waals surface area contributed by atoms with E-state index in [4.69, 9.17) is 9.47 Å². The Bertz CT molecular complexity index is 391. The van der Waals surface area contributed by atoms with Gasteiger partial charge in [-0.25, -0.2) is 10.4 Å². The summed E-state index contributed by atoms with van der Waals surface area (Å²) in [6.45, 7) is 2.93. The Morgan fingerprint density at radius 2 is 2.05 bits per heavy atom. The molecule has 0 radical (unpaired) electrons. The minimum Gasteiger partial charge on any atom is -0.468 e. The second kappa shape index (κ2) is 7.23. The van der Waals surface area contributed by atoms with Gasteiger partial charge in [0.05, 0.1) is 20.3 Å². The highest BCUT2D eigenvalue weighted by Gasteiger charge is 2.23. The molecule has 1 heterocycles. The van der Waals surface area contributed by atoms with Crippen LogP contribution in [0.2, 0.25) is 0 Å². The van der Waals surface area contributed by atoms with E-state index in [0.29, 0.717) is 19.6 Å². The average Bonchev–Trinajstić information content (AvgIpc) is 2.48. The molecule has 1 atom stereocenters. The van der Waals surface area contributed by atoms with Crippen LogP contribution in [0.4, 0.5) is 0 Å². The van der Waals surface area contributed by atoms with Crippen LogP contribution in [0.3, 0.4) is 0 Å². The second-order valence-corrected chi connectivity index (χ2v) is 4.49. The first-order chi connectivity index (χ1) is 9.29. The summed E-state index contributed by atoms with van der Waals surface area (Å²) in [4.78, 5) is 11.8. The van der Waals surface area contributed by atoms with Crippen LogP contribution in [0.25, 0.3) is 0 Å². The van der Waals surface area contributed by atoms with Gasteiger partial charge in [-0.3, -0.25) is 4.79 Å². The van der Waals surface area contributed by atoms with E-state index in [0.717, 1.165) is 18.7 Å². The SMILES string of the molecule is COC(=O)[C@H](Cc1ccccc1)NN1CCOCC1. The van der Waals surface area contributed by atoms with E-state index in [1.165, 1.54) is 7.11 Å². The highest BCUT2D eigenvalue weighted by molar-refractivity contribution is 5.75. The minimum absolute atomic E-state index is 0.240. The summed E-state index contributed by atoms with van der Waals surface area (Å²) >= 11 is 0. The maximum atomic E-state index is 11.8. The maximum Gasteiger partial charge on any atom is 0.324 e. The van der Waals surface area contributed by atoms with Crippen LogP contribution in [0.1, 0.15) is 5.56 Å². The fourth-order valence-electron chi connectivity index (χ4n) is 2.09. The van der Waals surface area contributed by atoms with Crippen LogP contribution < -0.4 is 5.43 Å². The van der Waals surface area contributed by atoms with Gasteiger partial charge in [-0.05, 0) is 12.0 Å². The second-order valence-electron chi connectivity index (χ2n) is 4.49. The molecule has 5 nitrogen and oxygen atoms in total. The first kappa shape index (κ1) is 14.0. The van der Waals surface area contributed by atoms with Gasteiger partial charge >= 0.3 is 5.97 Å². The molecule has 0 aliphatic carbocycles. The number of morpholine rings is 1. The van der Waals surface area contributed by atoms with Crippen molar-refractivity contribution >= 4 is 5.97 Å². The molecule has 19 heavy (non-hydrogen) atoms. The van der Waals surface area contributed by atoms with E-state index in [-0.39, 0.29) is 12.0 Å². The monoisotopic (exact) mass is 264 g/mol. The number of nitrogens with one attached hydrogen (secondary N) is 1. The third-order valence-corrected chi connectivity index (χ3v) is 3.12. The number of hydrogen-bond acceptors (Lipinski definition) is 5. The zero-order valence-electron chi connectivity index (χ0n) is 11.2. The summed E-state index contributed by atoms with van der Waals surface area (Å²) in [5.74, 6) is -0.240. The number of rotatable bonds is 5. The number of carbonyl (C=O) groups is 1. The van der Waals surface area contributed by atoms with Crippen LogP contribution in [0, 0.1) is 0 Å². The Hall–Kier alpha value is -1.43. The molecule has 1 saturated heterocycles. The van der Waals surface area contributed by atoms with Gasteiger partial charge in [-0.2, -0.15) is 0 Å². The zero-order valence-corrected chi connectivity index (χ0v) is 11.2. The van der Waals surface area contributed by atoms with Crippen molar-refractivity contribution in [2.75, 3.05) is 33.4 Å². The van der Waals surface area contributed by atoms with Crippen LogP contribution in [-0.2, 0) is 20.7 Å². The van der Waals surface area contributed by atoms with Gasteiger partial charge in [0, 0.05) is 13.1 Å². The summed E-state index contributed by atoms with van der Waals surface area (Å²) in [6, 6.07) is 9.57. The van der Waals surface area contributed by atoms with Gasteiger partial charge in [0.25, 0.3) is 0 Å². The topological polar surface area (TPSA) is 50.8 Å². The molecule has 1 aliphatic heterocycles. The third kappa shape index (κ3) is 4.31. The Balaban J connectivity index is 1.97. The van der Waals surface area contributed by atoms with Gasteiger partial charge in [0.2, 0.25) is 0 Å². The number of hydrazine groups is 1. The molecule has 1 aromatic carbocycles. The molecule has 104 valence electrons. The first-order valence-corrected chi connectivity index (χ1v) is 6.50. The van der Waals surface area contributed by atoms with E-state index in [2.05, 4.69) is 5.43 Å². The molecule has 1 aliphatic rings. The highest BCUT2D eigenvalue weighted by Crippen LogP contribution is 2.06. The van der Waals surface area contributed by atoms with Crippen molar-refractivity contribution in [3.8, 4) is 0 Å². The van der Waals surface area contributed by atoms with Gasteiger partial charge in [0.1, 0.15) is 6.04 Å². The van der Waals surface area contributed by atoms with Crippen LogP contribution in [0.15, 0.2) is 30.3 Å². The summed E-state index contributed by atoms with van der Waals surface area (Å²) in [5, 5.41) is 2.02. The highest BCUT2D eigenvalue weighted by atomic mass is 16.5. The van der Waals surface area contributed by atoms with Gasteiger partial charge in [-0.15, -0.1) is 0 Å². The molecule has 0 saturated carbocycles. The van der Waals surface area contributed by atoms with Crippen LogP contribution in [0.5, 0.6) is 0 Å². The van der Waals surface area contributed by atoms with Gasteiger partial charge < -0.3 is 9.47 Å². The first-order valence-electron chi connectivity index (χ1n) is 6.50. The normalized spacial score (nSPS) is 17.9. The van der Waals surface area contributed by atoms with E-state index in [9.17, 15) is 4.79 Å². The molecule has 0 bridgehead atoms. The number of ether oxygens (including phenoxy) is 2. The molecular weight excluding hydrogens is 244 g/mol. The lowest BCUT2D eigenvalue weighted by Crippen LogP contribution is -2.53. The lowest BCUT2D eigenvalue weighted by Gasteiger charge is -2.30. The fourth-order valence-corrected chi connectivity index (χ4v) is 2.09. The van der Waals surface area contributed by atoms with Crippen molar-refractivity contribution in [2.45, 2.75) is 12.5 Å². The number of methoxy groups -OCH3 is 1. The minimum atomic E-state index is -0.356. The van der Waals surface area contributed by atoms with Gasteiger partial charge in [0.15, 0.2) is 0 Å². The van der Waals surface area contributed by atoms with E-state index in [1.807, 2.05) is 35.3 Å². The quantitative estimate of drug-likeness (QED) is 0.790. The molecule has 1 aromatic rings. The number of hydrogen-bond donors (Lipinski definition) is 1. The van der Waals surface area contributed by atoms with Gasteiger partial charge in [-0.1, -0.05) is 30.3 Å². The summed E-state index contributed by atoms with van der Waals surface area (Å²) in [5.41, 5.74) is 4.34. The Morgan fingerprint density at radius 1 is 1.37 bits per heavy atom. The predicted octanol–water partition coefficient (Wildman–Crippen LogP) is 0.607. The standard InChI is InChI=1S/C14H20N2O3/c1-18-14(17)13(11-12-5-3-2-4-6-12)15-16-7-9-19-10-8-16/h2-6,13,15H,7-11H2,1H3/t13-/m0/s1. The van der Waals surface area contributed by atoms with Crippen molar-refractivity contribution in [1.29, 1.82) is 0 Å². The predicted molar refractivity (Wildman–Crippen MR) is 71.5 cm³/mol. The Kier molecular flexibility index (Phi) is 5.32. The molecular formula is C14H20N2O3. The summed E-state index contributed by atoms with van der Waals surface area (Å²) < 4.78 is 10.2. The third-order valence-electron chi connectivity index (χ3n) is 3.12. The Morgan fingerprint density at radius 3 is 2.68 bits per heavy atom. The molecule has 0 spiro atoms. The molecule has 1 N–H and O–H groups in total. The number of benzene rings is 1. The largest absolute Gasteiger partial charge is 0.468 e. The number of nitrogens with zero attached hydrogens (tertiary/aromatic N) is 1. The molecule has 0 unspecified atom stereocenters. The number of esters is 1. The summed E-state index contributed by atoms with van der Waals surface area (Å²) in [6.07, 6.45) is 0.616. The molecule has 0 aromatic heterocycles. The maximum absolute atomic E-state index is 11.8. The molecule has 5 heteroatoms. The van der Waals surface area contributed by atoms with Crippen molar-refractivity contribution in [2.24, 2.45) is 0 Å². The summed E-state index contributed by atoms with van der Waals surface area (Å²) in [7, 11) is 1.42. The fraction of sp³-hybridized carbons (Fsp3) is 0.500. The Labute approximate surface area is 113 Å².